The molecule has 5 heteroatoms. The monoisotopic (exact) mass is 247 g/mol. The van der Waals surface area contributed by atoms with Crippen molar-refractivity contribution in [3.8, 4) is 0 Å². The predicted molar refractivity (Wildman–Crippen MR) is 59.5 cm³/mol. The van der Waals surface area contributed by atoms with Gasteiger partial charge in [0.15, 0.2) is 0 Å². The zero-order chi connectivity index (χ0) is 11.6. The van der Waals surface area contributed by atoms with Crippen molar-refractivity contribution in [2.45, 2.75) is 12.2 Å². The fourth-order valence-corrected chi connectivity index (χ4v) is 2.66. The second-order valence-electron chi connectivity index (χ2n) is 3.70. The topological polar surface area (TPSA) is 12.0 Å². The van der Waals surface area contributed by atoms with E-state index < -0.39 is 11.7 Å². The van der Waals surface area contributed by atoms with Crippen LogP contribution in [0.3, 0.4) is 0 Å². The lowest BCUT2D eigenvalue weighted by Gasteiger charge is -2.23. The quantitative estimate of drug-likeness (QED) is 0.818. The van der Waals surface area contributed by atoms with Crippen molar-refractivity contribution in [3.05, 3.63) is 35.4 Å². The third-order valence-corrected chi connectivity index (χ3v) is 3.62. The normalized spacial score (nSPS) is 22.1. The summed E-state index contributed by atoms with van der Waals surface area (Å²) in [4.78, 5) is 0. The molecule has 1 fully saturated rings. The molecule has 0 aliphatic carbocycles. The highest BCUT2D eigenvalue weighted by molar-refractivity contribution is 7.99. The number of nitrogens with one attached hydrogen (secondary N) is 1. The SMILES string of the molecule is FC(F)(F)c1ccc([C@@H]2CSCCN2)cc1. The molecule has 1 aliphatic rings. The summed E-state index contributed by atoms with van der Waals surface area (Å²) in [5, 5.41) is 3.29. The summed E-state index contributed by atoms with van der Waals surface area (Å²) >= 11 is 1.82. The van der Waals surface area contributed by atoms with Crippen molar-refractivity contribution >= 4 is 11.8 Å². The van der Waals surface area contributed by atoms with Crippen LogP contribution in [0, 0.1) is 0 Å². The Bertz CT molecular complexity index is 341. The molecule has 1 aromatic rings. The molecule has 1 atom stereocenters. The highest BCUT2D eigenvalue weighted by Gasteiger charge is 2.30. The predicted octanol–water partition coefficient (Wildman–Crippen LogP) is 3.08. The maximum Gasteiger partial charge on any atom is 0.416 e. The van der Waals surface area contributed by atoms with Crippen LogP contribution in [0.25, 0.3) is 0 Å². The van der Waals surface area contributed by atoms with E-state index in [1.165, 1.54) is 0 Å². The van der Waals surface area contributed by atoms with Crippen LogP contribution < -0.4 is 5.32 Å². The van der Waals surface area contributed by atoms with Gasteiger partial charge >= 0.3 is 6.18 Å². The molecule has 1 aromatic carbocycles. The molecule has 1 heterocycles. The minimum absolute atomic E-state index is 0.182. The molecule has 1 N–H and O–H groups in total. The average Bonchev–Trinajstić information content (AvgIpc) is 2.29. The Labute approximate surface area is 96.4 Å². The fraction of sp³-hybridized carbons (Fsp3) is 0.455. The average molecular weight is 247 g/mol. The van der Waals surface area contributed by atoms with E-state index in [1.54, 1.807) is 12.1 Å². The first-order valence-electron chi connectivity index (χ1n) is 5.05. The first-order chi connectivity index (χ1) is 7.57. The van der Waals surface area contributed by atoms with Gasteiger partial charge < -0.3 is 5.32 Å². The number of alkyl halides is 3. The smallest absolute Gasteiger partial charge is 0.308 e. The summed E-state index contributed by atoms with van der Waals surface area (Å²) in [6, 6.07) is 5.60. The van der Waals surface area contributed by atoms with Gasteiger partial charge in [-0.2, -0.15) is 24.9 Å². The van der Waals surface area contributed by atoms with E-state index in [9.17, 15) is 13.2 Å². The minimum atomic E-state index is -4.24. The molecule has 88 valence electrons. The first kappa shape index (κ1) is 11.8. The molecule has 0 unspecified atom stereocenters. The van der Waals surface area contributed by atoms with Gasteiger partial charge in [0.1, 0.15) is 0 Å². The summed E-state index contributed by atoms with van der Waals surface area (Å²) < 4.78 is 37.0. The molecule has 0 amide bonds. The summed E-state index contributed by atoms with van der Waals surface area (Å²) in [6.07, 6.45) is -4.24. The standard InChI is InChI=1S/C11H12F3NS/c12-11(13,14)9-3-1-8(2-4-9)10-7-16-6-5-15-10/h1-4,10,15H,5-7H2/t10-/m0/s1. The van der Waals surface area contributed by atoms with E-state index >= 15 is 0 Å². The number of rotatable bonds is 1. The van der Waals surface area contributed by atoms with Crippen LogP contribution in [-0.4, -0.2) is 18.1 Å². The Hall–Kier alpha value is -0.680. The van der Waals surface area contributed by atoms with Crippen LogP contribution in [0.5, 0.6) is 0 Å². The van der Waals surface area contributed by atoms with Gasteiger partial charge in [-0.1, -0.05) is 12.1 Å². The molecule has 0 aromatic heterocycles. The zero-order valence-corrected chi connectivity index (χ0v) is 9.37. The van der Waals surface area contributed by atoms with Gasteiger partial charge in [-0.3, -0.25) is 0 Å². The van der Waals surface area contributed by atoms with Gasteiger partial charge in [0.05, 0.1) is 5.56 Å². The molecule has 1 aliphatic heterocycles. The molecule has 2 rings (SSSR count). The third kappa shape index (κ3) is 2.71. The Kier molecular flexibility index (Phi) is 3.44. The van der Waals surface area contributed by atoms with E-state index in [0.717, 1.165) is 35.7 Å². The molecule has 0 saturated carbocycles. The fourth-order valence-electron chi connectivity index (χ4n) is 1.68. The van der Waals surface area contributed by atoms with Crippen LogP contribution in [0.15, 0.2) is 24.3 Å². The highest BCUT2D eigenvalue weighted by atomic mass is 32.2. The highest BCUT2D eigenvalue weighted by Crippen LogP contribution is 2.30. The number of halogens is 3. The first-order valence-corrected chi connectivity index (χ1v) is 6.21. The van der Waals surface area contributed by atoms with E-state index in [4.69, 9.17) is 0 Å². The maximum absolute atomic E-state index is 12.3. The van der Waals surface area contributed by atoms with Crippen molar-refractivity contribution in [2.75, 3.05) is 18.1 Å². The van der Waals surface area contributed by atoms with Crippen molar-refractivity contribution in [1.29, 1.82) is 0 Å². The number of thioether (sulfide) groups is 1. The maximum atomic E-state index is 12.3. The van der Waals surface area contributed by atoms with Gasteiger partial charge in [-0.05, 0) is 17.7 Å². The Balaban J connectivity index is 2.12. The van der Waals surface area contributed by atoms with E-state index in [2.05, 4.69) is 5.32 Å². The van der Waals surface area contributed by atoms with Crippen LogP contribution in [-0.2, 0) is 6.18 Å². The summed E-state index contributed by atoms with van der Waals surface area (Å²) in [5.74, 6) is 1.99. The number of benzene rings is 1. The van der Waals surface area contributed by atoms with E-state index in [-0.39, 0.29) is 6.04 Å². The summed E-state index contributed by atoms with van der Waals surface area (Å²) in [5.41, 5.74) is 0.347. The Morgan fingerprint density at radius 2 is 1.88 bits per heavy atom. The van der Waals surface area contributed by atoms with Gasteiger partial charge in [-0.15, -0.1) is 0 Å². The molecular formula is C11H12F3NS. The van der Waals surface area contributed by atoms with Crippen LogP contribution in [0.2, 0.25) is 0 Å². The van der Waals surface area contributed by atoms with Crippen molar-refractivity contribution in [3.63, 3.8) is 0 Å². The second kappa shape index (κ2) is 4.67. The Morgan fingerprint density at radius 3 is 2.38 bits per heavy atom. The van der Waals surface area contributed by atoms with Crippen LogP contribution >= 0.6 is 11.8 Å². The largest absolute Gasteiger partial charge is 0.416 e. The molecule has 16 heavy (non-hydrogen) atoms. The third-order valence-electron chi connectivity index (χ3n) is 2.56. The van der Waals surface area contributed by atoms with Gasteiger partial charge in [0.2, 0.25) is 0 Å². The molecule has 1 saturated heterocycles. The molecule has 0 bridgehead atoms. The molecule has 0 radical (unpaired) electrons. The van der Waals surface area contributed by atoms with Crippen molar-refractivity contribution in [2.24, 2.45) is 0 Å². The summed E-state index contributed by atoms with van der Waals surface area (Å²) in [6.45, 7) is 0.913. The van der Waals surface area contributed by atoms with Crippen molar-refractivity contribution < 1.29 is 13.2 Å². The number of hydrogen-bond acceptors (Lipinski definition) is 2. The summed E-state index contributed by atoms with van der Waals surface area (Å²) in [7, 11) is 0. The van der Waals surface area contributed by atoms with Crippen molar-refractivity contribution in [1.82, 2.24) is 5.32 Å². The molecule has 1 nitrogen and oxygen atoms in total. The lowest BCUT2D eigenvalue weighted by molar-refractivity contribution is -0.137. The Morgan fingerprint density at radius 1 is 1.19 bits per heavy atom. The van der Waals surface area contributed by atoms with Crippen LogP contribution in [0.1, 0.15) is 17.2 Å². The van der Waals surface area contributed by atoms with E-state index in [0.29, 0.717) is 0 Å². The second-order valence-corrected chi connectivity index (χ2v) is 4.85. The van der Waals surface area contributed by atoms with E-state index in [1.807, 2.05) is 11.8 Å². The molecular weight excluding hydrogens is 235 g/mol. The zero-order valence-electron chi connectivity index (χ0n) is 8.55. The van der Waals surface area contributed by atoms with Gasteiger partial charge in [0.25, 0.3) is 0 Å². The number of hydrogen-bond donors (Lipinski definition) is 1. The lowest BCUT2D eigenvalue weighted by Crippen LogP contribution is -2.30. The van der Waals surface area contributed by atoms with Crippen LogP contribution in [0.4, 0.5) is 13.2 Å². The lowest BCUT2D eigenvalue weighted by atomic mass is 10.1. The van der Waals surface area contributed by atoms with Gasteiger partial charge in [0, 0.05) is 24.1 Å². The molecule has 0 spiro atoms. The minimum Gasteiger partial charge on any atom is -0.308 e. The van der Waals surface area contributed by atoms with Gasteiger partial charge in [-0.25, -0.2) is 0 Å².